The number of nitrogens with one attached hydrogen (secondary N) is 3. The van der Waals surface area contributed by atoms with E-state index in [1.165, 1.54) is 0 Å². The number of aryl methyl sites for hydroxylation is 1. The highest BCUT2D eigenvalue weighted by Crippen LogP contribution is 2.26. The smallest absolute Gasteiger partial charge is 0.209 e. The number of carbonyl (C=O) groups excluding carboxylic acids is 1. The van der Waals surface area contributed by atoms with Crippen LogP contribution in [0.2, 0.25) is 5.02 Å². The maximum atomic E-state index is 12.9. The summed E-state index contributed by atoms with van der Waals surface area (Å²) in [5.74, 6) is -0.0686. The van der Waals surface area contributed by atoms with Gasteiger partial charge in [-0.25, -0.2) is 0 Å². The van der Waals surface area contributed by atoms with Crippen molar-refractivity contribution in [2.75, 3.05) is 25.6 Å². The summed E-state index contributed by atoms with van der Waals surface area (Å²) in [6.07, 6.45) is 1.74. The Morgan fingerprint density at radius 3 is 2.65 bits per heavy atom. The Kier molecular flexibility index (Phi) is 7.79. The van der Waals surface area contributed by atoms with E-state index in [1.807, 2.05) is 32.0 Å². The van der Waals surface area contributed by atoms with Crippen LogP contribution in [0.3, 0.4) is 0 Å². The zero-order valence-electron chi connectivity index (χ0n) is 17.7. The number of anilines is 1. The van der Waals surface area contributed by atoms with Gasteiger partial charge in [0, 0.05) is 41.5 Å². The summed E-state index contributed by atoms with van der Waals surface area (Å²) in [7, 11) is 1.64. The summed E-state index contributed by atoms with van der Waals surface area (Å²) in [4.78, 5) is 20.7. The molecule has 0 aliphatic heterocycles. The maximum Gasteiger partial charge on any atom is 0.209 e. The van der Waals surface area contributed by atoms with Crippen LogP contribution in [0.1, 0.15) is 45.8 Å². The molecule has 0 bridgehead atoms. The van der Waals surface area contributed by atoms with Gasteiger partial charge in [0.05, 0.1) is 24.2 Å². The molecule has 1 aromatic carbocycles. The van der Waals surface area contributed by atoms with Gasteiger partial charge in [0.2, 0.25) is 5.78 Å². The normalized spacial score (nSPS) is 11.7. The number of aromatic amines is 1. The Morgan fingerprint density at radius 1 is 1.26 bits per heavy atom. The van der Waals surface area contributed by atoms with Crippen LogP contribution in [-0.4, -0.2) is 41.1 Å². The molecule has 1 atom stereocenters. The van der Waals surface area contributed by atoms with Crippen molar-refractivity contribution >= 4 is 40.4 Å². The minimum Gasteiger partial charge on any atom is -0.383 e. The molecular weight excluding hydrogens is 432 g/mol. The van der Waals surface area contributed by atoms with Crippen molar-refractivity contribution in [1.29, 1.82) is 0 Å². The van der Waals surface area contributed by atoms with Crippen LogP contribution in [0.25, 0.3) is 0 Å². The fourth-order valence-corrected chi connectivity index (χ4v) is 3.48. The van der Waals surface area contributed by atoms with E-state index in [-0.39, 0.29) is 11.7 Å². The van der Waals surface area contributed by atoms with Crippen molar-refractivity contribution in [2.45, 2.75) is 19.8 Å². The molecule has 2 heterocycles. The van der Waals surface area contributed by atoms with Crippen molar-refractivity contribution in [3.63, 3.8) is 0 Å². The molecule has 0 amide bonds. The molecule has 0 spiro atoms. The number of ketones is 1. The standard InChI is InChI=1S/C23H25ClN4O2S/c1-14-12-20(28-21(14)22(29)16-4-6-17(24)7-5-16)15(2)19-9-8-18(13-26-19)27-23(31)25-10-11-30-3/h4-9,12-13,15,28H,10-11H2,1-3H3,(H2,25,27,31). The molecule has 162 valence electrons. The maximum absolute atomic E-state index is 12.9. The van der Waals surface area contributed by atoms with E-state index in [1.54, 1.807) is 37.6 Å². The van der Waals surface area contributed by atoms with Gasteiger partial charge in [-0.2, -0.15) is 0 Å². The van der Waals surface area contributed by atoms with E-state index >= 15 is 0 Å². The van der Waals surface area contributed by atoms with Crippen LogP contribution in [0, 0.1) is 6.92 Å². The fraction of sp³-hybridized carbons (Fsp3) is 0.261. The Labute approximate surface area is 192 Å². The summed E-state index contributed by atoms with van der Waals surface area (Å²) in [6, 6.07) is 12.8. The summed E-state index contributed by atoms with van der Waals surface area (Å²) in [6.45, 7) is 5.19. The number of pyridine rings is 1. The molecule has 0 radical (unpaired) electrons. The number of aromatic nitrogens is 2. The summed E-state index contributed by atoms with van der Waals surface area (Å²) < 4.78 is 4.99. The third kappa shape index (κ3) is 5.91. The summed E-state index contributed by atoms with van der Waals surface area (Å²) in [5.41, 5.74) is 4.68. The molecule has 0 aliphatic carbocycles. The highest BCUT2D eigenvalue weighted by atomic mass is 35.5. The van der Waals surface area contributed by atoms with E-state index < -0.39 is 0 Å². The van der Waals surface area contributed by atoms with Crippen molar-refractivity contribution in [2.24, 2.45) is 0 Å². The van der Waals surface area contributed by atoms with Crippen LogP contribution >= 0.6 is 23.8 Å². The number of methoxy groups -OCH3 is 1. The van der Waals surface area contributed by atoms with Crippen LogP contribution in [0.5, 0.6) is 0 Å². The molecule has 0 fully saturated rings. The first-order valence-corrected chi connectivity index (χ1v) is 10.7. The molecule has 2 aromatic heterocycles. The van der Waals surface area contributed by atoms with E-state index in [2.05, 4.69) is 20.6 Å². The molecule has 0 saturated heterocycles. The van der Waals surface area contributed by atoms with Gasteiger partial charge < -0.3 is 20.4 Å². The molecule has 1 unspecified atom stereocenters. The highest BCUT2D eigenvalue weighted by molar-refractivity contribution is 7.80. The van der Waals surface area contributed by atoms with E-state index in [0.29, 0.717) is 34.5 Å². The molecule has 3 N–H and O–H groups in total. The lowest BCUT2D eigenvalue weighted by atomic mass is 10.0. The van der Waals surface area contributed by atoms with E-state index in [0.717, 1.165) is 22.6 Å². The Bertz CT molecular complexity index is 1050. The lowest BCUT2D eigenvalue weighted by molar-refractivity contribution is 0.103. The Morgan fingerprint density at radius 2 is 2.00 bits per heavy atom. The second-order valence-electron chi connectivity index (χ2n) is 7.19. The van der Waals surface area contributed by atoms with Gasteiger partial charge in [-0.15, -0.1) is 0 Å². The third-order valence-electron chi connectivity index (χ3n) is 4.92. The number of hydrogen-bond donors (Lipinski definition) is 3. The third-order valence-corrected chi connectivity index (χ3v) is 5.41. The first-order valence-electron chi connectivity index (χ1n) is 9.88. The van der Waals surface area contributed by atoms with Gasteiger partial charge in [0.25, 0.3) is 0 Å². The van der Waals surface area contributed by atoms with Gasteiger partial charge in [-0.05, 0) is 67.2 Å². The topological polar surface area (TPSA) is 79.0 Å². The number of rotatable bonds is 8. The predicted octanol–water partition coefficient (Wildman–Crippen LogP) is 4.69. The van der Waals surface area contributed by atoms with Crippen LogP contribution in [0.15, 0.2) is 48.7 Å². The second-order valence-corrected chi connectivity index (χ2v) is 8.03. The fourth-order valence-electron chi connectivity index (χ4n) is 3.14. The Balaban J connectivity index is 1.69. The molecule has 31 heavy (non-hydrogen) atoms. The van der Waals surface area contributed by atoms with Crippen molar-refractivity contribution in [3.05, 3.63) is 81.9 Å². The molecule has 3 rings (SSSR count). The molecule has 6 nitrogen and oxygen atoms in total. The lowest BCUT2D eigenvalue weighted by Gasteiger charge is -2.12. The first-order chi connectivity index (χ1) is 14.9. The molecular formula is C23H25ClN4O2S. The minimum absolute atomic E-state index is 0.00806. The number of benzene rings is 1. The van der Waals surface area contributed by atoms with E-state index in [4.69, 9.17) is 28.6 Å². The van der Waals surface area contributed by atoms with Crippen molar-refractivity contribution in [1.82, 2.24) is 15.3 Å². The van der Waals surface area contributed by atoms with Gasteiger partial charge in [-0.3, -0.25) is 9.78 Å². The molecule has 3 aromatic rings. The summed E-state index contributed by atoms with van der Waals surface area (Å²) >= 11 is 11.2. The van der Waals surface area contributed by atoms with Crippen LogP contribution < -0.4 is 10.6 Å². The van der Waals surface area contributed by atoms with Gasteiger partial charge in [-0.1, -0.05) is 18.5 Å². The Hall–Kier alpha value is -2.74. The van der Waals surface area contributed by atoms with E-state index in [9.17, 15) is 4.79 Å². The molecule has 8 heteroatoms. The zero-order valence-corrected chi connectivity index (χ0v) is 19.2. The summed E-state index contributed by atoms with van der Waals surface area (Å²) in [5, 5.41) is 7.27. The van der Waals surface area contributed by atoms with Crippen LogP contribution in [-0.2, 0) is 4.74 Å². The molecule has 0 saturated carbocycles. The first kappa shape index (κ1) is 22.9. The average molecular weight is 457 g/mol. The number of H-pyrrole nitrogens is 1. The number of thiocarbonyl (C=S) groups is 1. The van der Waals surface area contributed by atoms with Gasteiger partial charge in [0.15, 0.2) is 5.11 Å². The van der Waals surface area contributed by atoms with Crippen molar-refractivity contribution in [3.8, 4) is 0 Å². The molecule has 0 aliphatic rings. The minimum atomic E-state index is -0.0605. The zero-order chi connectivity index (χ0) is 22.4. The quantitative estimate of drug-likeness (QED) is 0.259. The number of carbonyl (C=O) groups is 1. The van der Waals surface area contributed by atoms with Crippen molar-refractivity contribution < 1.29 is 9.53 Å². The number of nitrogens with zero attached hydrogens (tertiary/aromatic N) is 1. The monoisotopic (exact) mass is 456 g/mol. The largest absolute Gasteiger partial charge is 0.383 e. The van der Waals surface area contributed by atoms with Gasteiger partial charge >= 0.3 is 0 Å². The number of hydrogen-bond acceptors (Lipinski definition) is 4. The highest BCUT2D eigenvalue weighted by Gasteiger charge is 2.19. The SMILES string of the molecule is COCCNC(=S)Nc1ccc(C(C)c2cc(C)c(C(=O)c3ccc(Cl)cc3)[nH]2)nc1. The lowest BCUT2D eigenvalue weighted by Crippen LogP contribution is -2.31. The van der Waals surface area contributed by atoms with Crippen LogP contribution in [0.4, 0.5) is 5.69 Å². The average Bonchev–Trinajstić information content (AvgIpc) is 3.15. The predicted molar refractivity (Wildman–Crippen MR) is 128 cm³/mol. The number of ether oxygens (including phenoxy) is 1. The van der Waals surface area contributed by atoms with Gasteiger partial charge in [0.1, 0.15) is 0 Å². The number of halogens is 1. The second kappa shape index (κ2) is 10.5.